The maximum atomic E-state index is 13.4. The van der Waals surface area contributed by atoms with Crippen LogP contribution in [-0.4, -0.2) is 33.4 Å². The van der Waals surface area contributed by atoms with Crippen molar-refractivity contribution in [3.05, 3.63) is 46.9 Å². The first-order valence-corrected chi connectivity index (χ1v) is 10.1. The molecule has 1 fully saturated rings. The summed E-state index contributed by atoms with van der Waals surface area (Å²) in [5.74, 6) is 0.530. The first kappa shape index (κ1) is 19.6. The number of rotatable bonds is 5. The minimum absolute atomic E-state index is 0.00733. The van der Waals surface area contributed by atoms with Crippen LogP contribution in [0.5, 0.6) is 0 Å². The molecule has 144 valence electrons. The van der Waals surface area contributed by atoms with Crippen LogP contribution in [0.3, 0.4) is 0 Å². The zero-order valence-corrected chi connectivity index (χ0v) is 16.8. The van der Waals surface area contributed by atoms with Crippen molar-refractivity contribution in [2.24, 2.45) is 0 Å². The topological polar surface area (TPSA) is 58.1 Å². The molecule has 1 aliphatic rings. The number of anilines is 2. The lowest BCUT2D eigenvalue weighted by Crippen LogP contribution is -2.40. The summed E-state index contributed by atoms with van der Waals surface area (Å²) in [5.41, 5.74) is 2.25. The van der Waals surface area contributed by atoms with Gasteiger partial charge in [-0.3, -0.25) is 9.78 Å². The van der Waals surface area contributed by atoms with Gasteiger partial charge in [-0.05, 0) is 44.4 Å². The van der Waals surface area contributed by atoms with Crippen molar-refractivity contribution >= 4 is 29.0 Å². The molecule has 0 bridgehead atoms. The van der Waals surface area contributed by atoms with Crippen LogP contribution < -0.4 is 5.32 Å². The Hall–Kier alpha value is -2.14. The summed E-state index contributed by atoms with van der Waals surface area (Å²) in [7, 11) is 0. The van der Waals surface area contributed by atoms with Gasteiger partial charge in [0.1, 0.15) is 5.82 Å². The Kier molecular flexibility index (Phi) is 6.67. The fourth-order valence-electron chi connectivity index (χ4n) is 3.61. The van der Waals surface area contributed by atoms with E-state index >= 15 is 0 Å². The number of carbonyl (C=O) groups excluding carboxylic acids is 1. The predicted molar refractivity (Wildman–Crippen MR) is 110 cm³/mol. The number of nitrogens with one attached hydrogen (secondary N) is 1. The van der Waals surface area contributed by atoms with Gasteiger partial charge < -0.3 is 10.2 Å². The quantitative estimate of drug-likeness (QED) is 0.750. The fraction of sp³-hybridized carbons (Fsp3) is 0.476. The maximum Gasteiger partial charge on any atom is 0.257 e. The molecule has 1 amide bonds. The molecule has 2 aromatic heterocycles. The van der Waals surface area contributed by atoms with Gasteiger partial charge in [0, 0.05) is 24.5 Å². The fourth-order valence-corrected chi connectivity index (χ4v) is 3.77. The number of pyridine rings is 2. The van der Waals surface area contributed by atoms with E-state index < -0.39 is 0 Å². The molecular weight excluding hydrogens is 360 g/mol. The van der Waals surface area contributed by atoms with Gasteiger partial charge in [0.25, 0.3) is 5.91 Å². The van der Waals surface area contributed by atoms with Crippen molar-refractivity contribution in [3.8, 4) is 0 Å². The highest BCUT2D eigenvalue weighted by molar-refractivity contribution is 6.31. The molecule has 27 heavy (non-hydrogen) atoms. The average molecular weight is 387 g/mol. The maximum absolute atomic E-state index is 13.4. The van der Waals surface area contributed by atoms with Crippen molar-refractivity contribution in [2.45, 2.75) is 58.4 Å². The van der Waals surface area contributed by atoms with Gasteiger partial charge in [-0.25, -0.2) is 4.98 Å². The molecule has 5 nitrogen and oxygen atoms in total. The normalized spacial score (nSPS) is 17.4. The molecule has 6 heteroatoms. The molecule has 1 atom stereocenters. The molecule has 1 saturated heterocycles. The Bertz CT molecular complexity index is 778. The van der Waals surface area contributed by atoms with Crippen LogP contribution in [0.25, 0.3) is 0 Å². The molecule has 0 aliphatic carbocycles. The summed E-state index contributed by atoms with van der Waals surface area (Å²) in [6, 6.07) is 5.86. The van der Waals surface area contributed by atoms with Crippen LogP contribution in [0.2, 0.25) is 5.02 Å². The second kappa shape index (κ2) is 9.18. The number of likely N-dealkylation sites (tertiary alicyclic amines) is 1. The van der Waals surface area contributed by atoms with E-state index in [1.54, 1.807) is 18.5 Å². The van der Waals surface area contributed by atoms with Gasteiger partial charge in [0.2, 0.25) is 0 Å². The standard InChI is InChI=1S/C21H27ClN4O/c1-3-7-18-8-5-4-6-11-26(18)21(27)19-12-16(22)13-24-20(19)25-17-10-9-15(2)23-14-17/h9-10,12-14,18H,3-8,11H2,1-2H3,(H,24,25). The SMILES string of the molecule is CCCC1CCCCCN1C(=O)c1cc(Cl)cnc1Nc1ccc(C)nc1. The van der Waals surface area contributed by atoms with Gasteiger partial charge in [0.15, 0.2) is 0 Å². The van der Waals surface area contributed by atoms with Crippen LogP contribution in [-0.2, 0) is 0 Å². The second-order valence-electron chi connectivity index (χ2n) is 7.15. The molecule has 1 unspecified atom stereocenters. The van der Waals surface area contributed by atoms with E-state index in [2.05, 4.69) is 22.2 Å². The number of hydrogen-bond acceptors (Lipinski definition) is 4. The Labute approximate surface area is 166 Å². The molecule has 0 saturated carbocycles. The number of nitrogens with zero attached hydrogens (tertiary/aromatic N) is 3. The molecule has 3 rings (SSSR count). The summed E-state index contributed by atoms with van der Waals surface area (Å²) in [6.07, 6.45) is 9.88. The molecule has 0 radical (unpaired) electrons. The number of aryl methyl sites for hydroxylation is 1. The minimum atomic E-state index is 0.00733. The van der Waals surface area contributed by atoms with E-state index in [0.717, 1.165) is 43.6 Å². The molecule has 3 heterocycles. The van der Waals surface area contributed by atoms with E-state index in [1.807, 2.05) is 24.0 Å². The van der Waals surface area contributed by atoms with Gasteiger partial charge in [0.05, 0.1) is 22.5 Å². The van der Waals surface area contributed by atoms with Crippen molar-refractivity contribution < 1.29 is 4.79 Å². The van der Waals surface area contributed by atoms with Crippen LogP contribution in [0.1, 0.15) is 61.5 Å². The van der Waals surface area contributed by atoms with Crippen LogP contribution in [0.4, 0.5) is 11.5 Å². The van der Waals surface area contributed by atoms with E-state index in [0.29, 0.717) is 16.4 Å². The molecule has 0 spiro atoms. The third-order valence-electron chi connectivity index (χ3n) is 5.02. The Morgan fingerprint density at radius 3 is 2.85 bits per heavy atom. The third-order valence-corrected chi connectivity index (χ3v) is 5.23. The molecule has 0 aromatic carbocycles. The van der Waals surface area contributed by atoms with Crippen molar-refractivity contribution in [1.82, 2.24) is 14.9 Å². The molecular formula is C21H27ClN4O. The van der Waals surface area contributed by atoms with Gasteiger partial charge in [-0.2, -0.15) is 0 Å². The minimum Gasteiger partial charge on any atom is -0.338 e. The molecule has 1 aliphatic heterocycles. The Balaban J connectivity index is 1.90. The van der Waals surface area contributed by atoms with Crippen molar-refractivity contribution in [2.75, 3.05) is 11.9 Å². The van der Waals surface area contributed by atoms with Gasteiger partial charge in [-0.1, -0.05) is 37.8 Å². The highest BCUT2D eigenvalue weighted by atomic mass is 35.5. The van der Waals surface area contributed by atoms with Gasteiger partial charge >= 0.3 is 0 Å². The van der Waals surface area contributed by atoms with Crippen molar-refractivity contribution in [3.63, 3.8) is 0 Å². The summed E-state index contributed by atoms with van der Waals surface area (Å²) >= 11 is 6.18. The first-order valence-electron chi connectivity index (χ1n) is 9.74. The van der Waals surface area contributed by atoms with Crippen LogP contribution >= 0.6 is 11.6 Å². The zero-order chi connectivity index (χ0) is 19.2. The van der Waals surface area contributed by atoms with Crippen LogP contribution in [0, 0.1) is 6.92 Å². The third kappa shape index (κ3) is 4.98. The number of halogens is 1. The number of hydrogen-bond donors (Lipinski definition) is 1. The van der Waals surface area contributed by atoms with E-state index in [4.69, 9.17) is 11.6 Å². The Morgan fingerprint density at radius 2 is 2.11 bits per heavy atom. The van der Waals surface area contributed by atoms with E-state index in [-0.39, 0.29) is 11.9 Å². The number of carbonyl (C=O) groups is 1. The van der Waals surface area contributed by atoms with E-state index in [9.17, 15) is 4.79 Å². The lowest BCUT2D eigenvalue weighted by Gasteiger charge is -2.30. The second-order valence-corrected chi connectivity index (χ2v) is 7.59. The summed E-state index contributed by atoms with van der Waals surface area (Å²) in [5, 5.41) is 3.70. The number of amides is 1. The van der Waals surface area contributed by atoms with Gasteiger partial charge in [-0.15, -0.1) is 0 Å². The highest BCUT2D eigenvalue weighted by Gasteiger charge is 2.28. The Morgan fingerprint density at radius 1 is 1.26 bits per heavy atom. The lowest BCUT2D eigenvalue weighted by atomic mass is 10.0. The van der Waals surface area contributed by atoms with Crippen LogP contribution in [0.15, 0.2) is 30.6 Å². The largest absolute Gasteiger partial charge is 0.338 e. The van der Waals surface area contributed by atoms with Crippen molar-refractivity contribution in [1.29, 1.82) is 0 Å². The summed E-state index contributed by atoms with van der Waals surface area (Å²) in [4.78, 5) is 24.1. The monoisotopic (exact) mass is 386 g/mol. The first-order chi connectivity index (χ1) is 13.1. The molecule has 2 aromatic rings. The lowest BCUT2D eigenvalue weighted by molar-refractivity contribution is 0.0673. The van der Waals surface area contributed by atoms with E-state index in [1.165, 1.54) is 12.8 Å². The zero-order valence-electron chi connectivity index (χ0n) is 16.0. The average Bonchev–Trinajstić information content (AvgIpc) is 2.90. The summed E-state index contributed by atoms with van der Waals surface area (Å²) in [6.45, 7) is 4.90. The molecule has 1 N–H and O–H groups in total. The number of aromatic nitrogens is 2. The predicted octanol–water partition coefficient (Wildman–Crippen LogP) is 5.37. The smallest absolute Gasteiger partial charge is 0.257 e. The highest BCUT2D eigenvalue weighted by Crippen LogP contribution is 2.27. The summed E-state index contributed by atoms with van der Waals surface area (Å²) < 4.78 is 0.